The second-order valence-electron chi connectivity index (χ2n) is 5.28. The maximum absolute atomic E-state index is 13.4. The van der Waals surface area contributed by atoms with Crippen LogP contribution in [0.4, 0.5) is 10.1 Å². The first-order valence-electron chi connectivity index (χ1n) is 7.15. The van der Waals surface area contributed by atoms with Crippen LogP contribution in [-0.4, -0.2) is 25.5 Å². The lowest BCUT2D eigenvalue weighted by Crippen LogP contribution is -2.28. The first-order valence-corrected chi connectivity index (χ1v) is 7.15. The van der Waals surface area contributed by atoms with Crippen molar-refractivity contribution in [2.45, 2.75) is 26.3 Å². The molecule has 0 saturated carbocycles. The molecule has 1 aromatic rings. The molecular formula is C15H22FN3O. The second kappa shape index (κ2) is 6.70. The zero-order valence-electron chi connectivity index (χ0n) is 11.9. The molecular weight excluding hydrogens is 257 g/mol. The van der Waals surface area contributed by atoms with E-state index in [2.05, 4.69) is 17.1 Å². The number of nitrogens with zero attached hydrogens (tertiary/aromatic N) is 1. The lowest BCUT2D eigenvalue weighted by atomic mass is 10.1. The van der Waals surface area contributed by atoms with Crippen molar-refractivity contribution in [2.75, 3.05) is 24.5 Å². The Kier molecular flexibility index (Phi) is 4.95. The number of rotatable bonds is 6. The zero-order valence-corrected chi connectivity index (χ0v) is 11.9. The van der Waals surface area contributed by atoms with Crippen molar-refractivity contribution in [1.82, 2.24) is 5.32 Å². The van der Waals surface area contributed by atoms with Crippen LogP contribution in [0.2, 0.25) is 0 Å². The van der Waals surface area contributed by atoms with Gasteiger partial charge in [-0.05, 0) is 43.1 Å². The van der Waals surface area contributed by atoms with Gasteiger partial charge in [0.25, 0.3) is 0 Å². The summed E-state index contributed by atoms with van der Waals surface area (Å²) in [6.45, 7) is 5.05. The van der Waals surface area contributed by atoms with Crippen LogP contribution < -0.4 is 16.0 Å². The summed E-state index contributed by atoms with van der Waals surface area (Å²) in [7, 11) is 0. The van der Waals surface area contributed by atoms with E-state index >= 15 is 0 Å². The van der Waals surface area contributed by atoms with Crippen LogP contribution in [0.15, 0.2) is 18.2 Å². The second-order valence-corrected chi connectivity index (χ2v) is 5.28. The largest absolute Gasteiger partial charge is 0.370 e. The normalized spacial score (nSPS) is 18.5. The van der Waals surface area contributed by atoms with E-state index in [0.717, 1.165) is 37.2 Å². The van der Waals surface area contributed by atoms with E-state index in [-0.39, 0.29) is 17.6 Å². The monoisotopic (exact) mass is 279 g/mol. The Morgan fingerprint density at radius 1 is 1.55 bits per heavy atom. The zero-order chi connectivity index (χ0) is 14.5. The minimum absolute atomic E-state index is 0.100. The highest BCUT2D eigenvalue weighted by atomic mass is 19.1. The van der Waals surface area contributed by atoms with Crippen molar-refractivity contribution in [3.63, 3.8) is 0 Å². The Morgan fingerprint density at radius 2 is 2.35 bits per heavy atom. The fourth-order valence-corrected chi connectivity index (χ4v) is 2.62. The number of primary amides is 1. The van der Waals surface area contributed by atoms with Gasteiger partial charge < -0.3 is 16.0 Å². The highest BCUT2D eigenvalue weighted by Crippen LogP contribution is 2.27. The van der Waals surface area contributed by atoms with E-state index in [4.69, 9.17) is 5.73 Å². The number of nitrogens with one attached hydrogen (secondary N) is 1. The first-order chi connectivity index (χ1) is 9.61. The van der Waals surface area contributed by atoms with Crippen LogP contribution in [0.1, 0.15) is 25.3 Å². The van der Waals surface area contributed by atoms with E-state index in [1.165, 1.54) is 6.07 Å². The minimum Gasteiger partial charge on any atom is -0.370 e. The van der Waals surface area contributed by atoms with Crippen molar-refractivity contribution < 1.29 is 9.18 Å². The number of halogens is 1. The highest BCUT2D eigenvalue weighted by Gasteiger charge is 2.27. The molecule has 1 amide bonds. The summed E-state index contributed by atoms with van der Waals surface area (Å²) in [5.41, 5.74) is 7.29. The third-order valence-corrected chi connectivity index (χ3v) is 3.72. The summed E-state index contributed by atoms with van der Waals surface area (Å²) in [4.78, 5) is 13.4. The van der Waals surface area contributed by atoms with Crippen LogP contribution in [0.5, 0.6) is 0 Å². The Balaban J connectivity index is 2.12. The molecule has 1 aliphatic heterocycles. The number of anilines is 1. The lowest BCUT2D eigenvalue weighted by Gasteiger charge is -2.22. The van der Waals surface area contributed by atoms with Crippen molar-refractivity contribution >= 4 is 11.6 Å². The van der Waals surface area contributed by atoms with E-state index in [1.54, 1.807) is 12.1 Å². The molecule has 0 aromatic heterocycles. The third kappa shape index (κ3) is 3.48. The standard InChI is InChI=1S/C15H22FN3O/c1-2-6-18-9-12-8-13(16)3-4-14(12)19-7-5-11(10-19)15(17)20/h3-4,8,11,18H,2,5-7,9-10H2,1H3,(H2,17,20). The molecule has 0 spiro atoms. The fraction of sp³-hybridized carbons (Fsp3) is 0.533. The maximum atomic E-state index is 13.4. The minimum atomic E-state index is -0.250. The third-order valence-electron chi connectivity index (χ3n) is 3.72. The van der Waals surface area contributed by atoms with Gasteiger partial charge in [0, 0.05) is 25.3 Å². The lowest BCUT2D eigenvalue weighted by molar-refractivity contribution is -0.121. The van der Waals surface area contributed by atoms with Crippen LogP contribution in [-0.2, 0) is 11.3 Å². The molecule has 1 atom stereocenters. The van der Waals surface area contributed by atoms with Crippen molar-refractivity contribution in [2.24, 2.45) is 11.7 Å². The Morgan fingerprint density at radius 3 is 3.00 bits per heavy atom. The maximum Gasteiger partial charge on any atom is 0.222 e. The molecule has 1 unspecified atom stereocenters. The van der Waals surface area contributed by atoms with Gasteiger partial charge in [-0.2, -0.15) is 0 Å². The van der Waals surface area contributed by atoms with E-state index in [0.29, 0.717) is 13.1 Å². The molecule has 1 aliphatic rings. The van der Waals surface area contributed by atoms with Gasteiger partial charge in [0.15, 0.2) is 0 Å². The van der Waals surface area contributed by atoms with E-state index in [1.807, 2.05) is 0 Å². The average Bonchev–Trinajstić information content (AvgIpc) is 2.89. The molecule has 1 fully saturated rings. The molecule has 110 valence electrons. The van der Waals surface area contributed by atoms with Gasteiger partial charge >= 0.3 is 0 Å². The number of hydrogen-bond acceptors (Lipinski definition) is 3. The predicted molar refractivity (Wildman–Crippen MR) is 77.9 cm³/mol. The summed E-state index contributed by atoms with van der Waals surface area (Å²) in [5, 5.41) is 3.29. The summed E-state index contributed by atoms with van der Waals surface area (Å²) in [6, 6.07) is 4.83. The molecule has 1 heterocycles. The van der Waals surface area contributed by atoms with Gasteiger partial charge in [0.2, 0.25) is 5.91 Å². The van der Waals surface area contributed by atoms with Crippen molar-refractivity contribution in [1.29, 1.82) is 0 Å². The summed E-state index contributed by atoms with van der Waals surface area (Å²) in [5.74, 6) is -0.579. The Hall–Kier alpha value is -1.62. The molecule has 4 nitrogen and oxygen atoms in total. The molecule has 0 aliphatic carbocycles. The van der Waals surface area contributed by atoms with Gasteiger partial charge in [-0.25, -0.2) is 4.39 Å². The molecule has 20 heavy (non-hydrogen) atoms. The molecule has 2 rings (SSSR count). The summed E-state index contributed by atoms with van der Waals surface area (Å²) in [6.07, 6.45) is 1.81. The molecule has 5 heteroatoms. The van der Waals surface area contributed by atoms with E-state index in [9.17, 15) is 9.18 Å². The molecule has 0 bridgehead atoms. The van der Waals surface area contributed by atoms with Gasteiger partial charge in [0.05, 0.1) is 5.92 Å². The predicted octanol–water partition coefficient (Wildman–Crippen LogP) is 1.64. The SMILES string of the molecule is CCCNCc1cc(F)ccc1N1CCC(C(N)=O)C1. The Labute approximate surface area is 119 Å². The van der Waals surface area contributed by atoms with Crippen LogP contribution in [0.25, 0.3) is 0 Å². The number of carbonyl (C=O) groups is 1. The first kappa shape index (κ1) is 14.8. The van der Waals surface area contributed by atoms with Gasteiger partial charge in [-0.15, -0.1) is 0 Å². The van der Waals surface area contributed by atoms with E-state index < -0.39 is 0 Å². The van der Waals surface area contributed by atoms with Crippen LogP contribution in [0.3, 0.4) is 0 Å². The number of carbonyl (C=O) groups excluding carboxylic acids is 1. The summed E-state index contributed by atoms with van der Waals surface area (Å²) < 4.78 is 13.4. The van der Waals surface area contributed by atoms with Crippen LogP contribution in [0, 0.1) is 11.7 Å². The molecule has 1 saturated heterocycles. The van der Waals surface area contributed by atoms with Crippen LogP contribution >= 0.6 is 0 Å². The highest BCUT2D eigenvalue weighted by molar-refractivity contribution is 5.78. The van der Waals surface area contributed by atoms with Gasteiger partial charge in [-0.3, -0.25) is 4.79 Å². The molecule has 1 aromatic carbocycles. The quantitative estimate of drug-likeness (QED) is 0.778. The van der Waals surface area contributed by atoms with Gasteiger partial charge in [0.1, 0.15) is 5.82 Å². The number of hydrogen-bond donors (Lipinski definition) is 2. The molecule has 0 radical (unpaired) electrons. The van der Waals surface area contributed by atoms with Crippen molar-refractivity contribution in [3.05, 3.63) is 29.6 Å². The number of amides is 1. The number of benzene rings is 1. The average molecular weight is 279 g/mol. The summed E-state index contributed by atoms with van der Waals surface area (Å²) >= 11 is 0. The fourth-order valence-electron chi connectivity index (χ4n) is 2.62. The molecule has 3 N–H and O–H groups in total. The topological polar surface area (TPSA) is 58.4 Å². The van der Waals surface area contributed by atoms with Gasteiger partial charge in [-0.1, -0.05) is 6.92 Å². The Bertz CT molecular complexity index is 478. The van der Waals surface area contributed by atoms with Crippen molar-refractivity contribution in [3.8, 4) is 0 Å². The smallest absolute Gasteiger partial charge is 0.222 e. The number of nitrogens with two attached hydrogens (primary N) is 1.